The van der Waals surface area contributed by atoms with Crippen LogP contribution in [-0.2, 0) is 4.65 Å². The third-order valence-electron chi connectivity index (χ3n) is 7.82. The average molecular weight is 504 g/mol. The summed E-state index contributed by atoms with van der Waals surface area (Å²) in [6, 6.07) is 33.4. The van der Waals surface area contributed by atoms with Gasteiger partial charge in [0.15, 0.2) is 0 Å². The van der Waals surface area contributed by atoms with Crippen LogP contribution in [-0.4, -0.2) is 18.2 Å². The second-order valence-electron chi connectivity index (χ2n) is 10.8. The van der Waals surface area contributed by atoms with Crippen molar-refractivity contribution >= 4 is 75.2 Å². The molecular weight excluding hydrogens is 474 g/mol. The number of benzene rings is 5. The lowest BCUT2D eigenvalue weighted by molar-refractivity contribution is 0.0841. The Hall–Kier alpha value is -2.71. The van der Waals surface area contributed by atoms with Crippen LogP contribution in [0, 0.1) is 0 Å². The molecule has 0 radical (unpaired) electrons. The first-order chi connectivity index (χ1) is 17.2. The molecule has 36 heavy (non-hydrogen) atoms. The zero-order valence-corrected chi connectivity index (χ0v) is 23.2. The van der Waals surface area contributed by atoms with Crippen molar-refractivity contribution in [2.24, 2.45) is 0 Å². The van der Waals surface area contributed by atoms with Gasteiger partial charge in [-0.05, 0) is 70.2 Å². The predicted octanol–water partition coefficient (Wildman–Crippen LogP) is 8.45. The number of hydrogen-bond donors (Lipinski definition) is 0. The third kappa shape index (κ3) is 3.95. The first-order valence-electron chi connectivity index (χ1n) is 12.5. The first-order valence-corrected chi connectivity index (χ1v) is 13.9. The van der Waals surface area contributed by atoms with Gasteiger partial charge in [0.05, 0.1) is 5.60 Å². The maximum atomic E-state index is 6.46. The van der Waals surface area contributed by atoms with Crippen molar-refractivity contribution in [2.75, 3.05) is 0 Å². The smallest absolute Gasteiger partial charge is 0.309 e. The zero-order valence-electron chi connectivity index (χ0n) is 21.3. The Morgan fingerprint density at radius 1 is 0.639 bits per heavy atom. The maximum absolute atomic E-state index is 6.46. The van der Waals surface area contributed by atoms with E-state index in [1.54, 1.807) is 0 Å². The van der Waals surface area contributed by atoms with Crippen LogP contribution in [0.4, 0.5) is 0 Å². The molecule has 1 atom stereocenters. The molecule has 0 aliphatic carbocycles. The normalized spacial score (nSPS) is 12.7. The van der Waals surface area contributed by atoms with Crippen LogP contribution in [0.1, 0.15) is 27.7 Å². The predicted molar refractivity (Wildman–Crippen MR) is 166 cm³/mol. The van der Waals surface area contributed by atoms with Crippen molar-refractivity contribution in [1.82, 2.24) is 0 Å². The molecule has 6 aromatic rings. The highest BCUT2D eigenvalue weighted by Crippen LogP contribution is 2.40. The highest BCUT2D eigenvalue weighted by Gasteiger charge is 2.33. The molecule has 1 heterocycles. The largest absolute Gasteiger partial charge is 0.429 e. The summed E-state index contributed by atoms with van der Waals surface area (Å²) in [5.41, 5.74) is 3.51. The Morgan fingerprint density at radius 2 is 1.31 bits per heavy atom. The van der Waals surface area contributed by atoms with E-state index in [4.69, 9.17) is 4.65 Å². The minimum atomic E-state index is -0.261. The highest BCUT2D eigenvalue weighted by molar-refractivity contribution is 7.25. The number of hydrogen-bond acceptors (Lipinski definition) is 2. The van der Waals surface area contributed by atoms with Gasteiger partial charge in [0.1, 0.15) is 0 Å². The van der Waals surface area contributed by atoms with Crippen LogP contribution < -0.4 is 5.46 Å². The van der Waals surface area contributed by atoms with Crippen LogP contribution in [0.5, 0.6) is 0 Å². The van der Waals surface area contributed by atoms with Gasteiger partial charge < -0.3 is 4.65 Å². The Balaban J connectivity index is 1.50. The zero-order chi connectivity index (χ0) is 25.1. The summed E-state index contributed by atoms with van der Waals surface area (Å²) >= 11 is 1.88. The van der Waals surface area contributed by atoms with Crippen LogP contribution in [0.2, 0.25) is 0 Å². The van der Waals surface area contributed by atoms with Gasteiger partial charge >= 0.3 is 7.48 Å². The lowest BCUT2D eigenvalue weighted by Gasteiger charge is -2.39. The molecule has 1 aromatic heterocycles. The molecule has 0 amide bonds. The van der Waals surface area contributed by atoms with Gasteiger partial charge in [-0.3, -0.25) is 0 Å². The number of rotatable bonds is 5. The fourth-order valence-electron chi connectivity index (χ4n) is 4.91. The molecule has 0 aliphatic heterocycles. The van der Waals surface area contributed by atoms with Gasteiger partial charge in [-0.1, -0.05) is 86.6 Å². The summed E-state index contributed by atoms with van der Waals surface area (Å²) in [7, 11) is 3.52. The molecule has 1 unspecified atom stereocenters. The summed E-state index contributed by atoms with van der Waals surface area (Å²) in [5, 5.41) is 7.77. The van der Waals surface area contributed by atoms with Gasteiger partial charge in [0, 0.05) is 25.3 Å². The van der Waals surface area contributed by atoms with E-state index in [1.165, 1.54) is 58.3 Å². The highest BCUT2D eigenvalue weighted by atomic mass is 32.1. The van der Waals surface area contributed by atoms with Crippen molar-refractivity contribution in [3.63, 3.8) is 0 Å². The molecule has 1 nitrogen and oxygen atoms in total. The Labute approximate surface area is 220 Å². The Kier molecular flexibility index (Phi) is 5.72. The van der Waals surface area contributed by atoms with E-state index in [2.05, 4.69) is 128 Å². The van der Waals surface area contributed by atoms with Gasteiger partial charge in [-0.15, -0.1) is 20.6 Å². The molecule has 6 rings (SSSR count). The fraction of sp³-hybridized carbons (Fsp3) is 0.188. The van der Waals surface area contributed by atoms with E-state index in [1.807, 2.05) is 11.3 Å². The molecule has 0 saturated heterocycles. The van der Waals surface area contributed by atoms with Crippen molar-refractivity contribution in [3.05, 3.63) is 91.0 Å². The maximum Gasteiger partial charge on any atom is 0.309 e. The van der Waals surface area contributed by atoms with Crippen LogP contribution in [0.15, 0.2) is 91.0 Å². The molecule has 0 aliphatic rings. The Morgan fingerprint density at radius 3 is 2.11 bits per heavy atom. The topological polar surface area (TPSA) is 9.23 Å². The van der Waals surface area contributed by atoms with Gasteiger partial charge in [-0.2, -0.15) is 0 Å². The number of thiophene rings is 1. The summed E-state index contributed by atoms with van der Waals surface area (Å²) in [6.07, 6.45) is 0. The minimum Gasteiger partial charge on any atom is -0.429 e. The van der Waals surface area contributed by atoms with E-state index in [0.29, 0.717) is 7.48 Å². The van der Waals surface area contributed by atoms with Crippen LogP contribution >= 0.6 is 20.6 Å². The summed E-state index contributed by atoms with van der Waals surface area (Å²) in [4.78, 5) is 0. The lowest BCUT2D eigenvalue weighted by atomic mass is 9.80. The lowest BCUT2D eigenvalue weighted by Crippen LogP contribution is -2.45. The third-order valence-corrected chi connectivity index (χ3v) is 9.65. The van der Waals surface area contributed by atoms with E-state index in [-0.39, 0.29) is 10.8 Å². The fourth-order valence-corrected chi connectivity index (χ4v) is 6.12. The molecule has 0 saturated carbocycles. The summed E-state index contributed by atoms with van der Waals surface area (Å²) in [6.45, 7) is 8.74. The monoisotopic (exact) mass is 504 g/mol. The van der Waals surface area contributed by atoms with E-state index in [0.717, 1.165) is 0 Å². The Bertz CT molecular complexity index is 1760. The van der Waals surface area contributed by atoms with E-state index < -0.39 is 0 Å². The molecule has 5 aromatic carbocycles. The molecule has 0 fully saturated rings. The first kappa shape index (κ1) is 23.7. The van der Waals surface area contributed by atoms with Gasteiger partial charge in [-0.25, -0.2) is 0 Å². The molecule has 0 N–H and O–H groups in total. The SMILES string of the molecule is CC(C)(P)C(C)(C)OBc1cccc2c(-c3cccc4cc5c(cc34)sc3ccccc35)cccc12. The van der Waals surface area contributed by atoms with Crippen LogP contribution in [0.25, 0.3) is 52.8 Å². The summed E-state index contributed by atoms with van der Waals surface area (Å²) in [5.74, 6) is 0. The molecule has 0 bridgehead atoms. The van der Waals surface area contributed by atoms with Gasteiger partial charge in [0.25, 0.3) is 0 Å². The van der Waals surface area contributed by atoms with E-state index in [9.17, 15) is 0 Å². The second-order valence-corrected chi connectivity index (χ2v) is 13.3. The molecule has 0 spiro atoms. The van der Waals surface area contributed by atoms with E-state index >= 15 is 0 Å². The second kappa shape index (κ2) is 8.70. The average Bonchev–Trinajstić information content (AvgIpc) is 3.22. The van der Waals surface area contributed by atoms with Crippen molar-refractivity contribution in [3.8, 4) is 11.1 Å². The molecular formula is C32H30BOPS. The quantitative estimate of drug-likeness (QED) is 0.169. The standard InChI is InChI=1S/C32H30BOPS/c1-31(2,32(3,4)35)34-33-28-16-9-14-22-21(13-8-15-24(22)28)23-12-7-10-20-18-27-25-11-5-6-17-29(25)36-30(27)19-26(20)23/h5-19,33H,35H2,1-4H3. The van der Waals surface area contributed by atoms with Crippen molar-refractivity contribution in [1.29, 1.82) is 0 Å². The van der Waals surface area contributed by atoms with Crippen molar-refractivity contribution in [2.45, 2.75) is 38.5 Å². The summed E-state index contributed by atoms with van der Waals surface area (Å²) < 4.78 is 9.15. The van der Waals surface area contributed by atoms with Crippen molar-refractivity contribution < 1.29 is 4.65 Å². The minimum absolute atomic E-state index is 0.0242. The molecule has 178 valence electrons. The number of fused-ring (bicyclic) bond motifs is 5. The van der Waals surface area contributed by atoms with Gasteiger partial charge in [0.2, 0.25) is 0 Å². The van der Waals surface area contributed by atoms with Crippen LogP contribution in [0.3, 0.4) is 0 Å². The molecule has 4 heteroatoms.